The lowest BCUT2D eigenvalue weighted by molar-refractivity contribution is -0.119. The topological polar surface area (TPSA) is 55.4 Å². The van der Waals surface area contributed by atoms with Crippen LogP contribution in [0, 0.1) is 13.8 Å². The molecule has 0 fully saturated rings. The zero-order chi connectivity index (χ0) is 18.8. The standard InChI is InChI=1S/C19H15Cl2NO3S/c1-10-7-11(2)17(13(20)8-10)22-15(23)9-25-19(24)18-16(21)12-5-3-4-6-14(12)26-18/h3-8H,9H2,1-2H3,(H,22,23). The van der Waals surface area contributed by atoms with Crippen molar-refractivity contribution in [1.29, 1.82) is 0 Å². The smallest absolute Gasteiger partial charge is 0.350 e. The number of hydrogen-bond acceptors (Lipinski definition) is 4. The minimum Gasteiger partial charge on any atom is -0.451 e. The lowest BCUT2D eigenvalue weighted by Gasteiger charge is -2.11. The van der Waals surface area contributed by atoms with Crippen LogP contribution >= 0.6 is 34.5 Å². The average molecular weight is 408 g/mol. The van der Waals surface area contributed by atoms with Gasteiger partial charge in [-0.15, -0.1) is 11.3 Å². The second-order valence-corrected chi connectivity index (χ2v) is 7.64. The number of rotatable bonds is 4. The Morgan fingerprint density at radius 1 is 1.15 bits per heavy atom. The third-order valence-corrected chi connectivity index (χ3v) is 5.70. The van der Waals surface area contributed by atoms with Crippen molar-refractivity contribution >= 4 is 62.2 Å². The highest BCUT2D eigenvalue weighted by Gasteiger charge is 2.19. The van der Waals surface area contributed by atoms with Crippen LogP contribution in [0.25, 0.3) is 10.1 Å². The average Bonchev–Trinajstić information content (AvgIpc) is 2.93. The molecule has 26 heavy (non-hydrogen) atoms. The molecule has 0 aliphatic rings. The summed E-state index contributed by atoms with van der Waals surface area (Å²) in [5.74, 6) is -1.09. The normalized spacial score (nSPS) is 10.8. The number of hydrogen-bond donors (Lipinski definition) is 1. The van der Waals surface area contributed by atoms with E-state index < -0.39 is 18.5 Å². The SMILES string of the molecule is Cc1cc(C)c(NC(=O)COC(=O)c2sc3ccccc3c2Cl)c(Cl)c1. The van der Waals surface area contributed by atoms with Crippen LogP contribution in [0.15, 0.2) is 36.4 Å². The summed E-state index contributed by atoms with van der Waals surface area (Å²) in [6.45, 7) is 3.34. The zero-order valence-corrected chi connectivity index (χ0v) is 16.4. The summed E-state index contributed by atoms with van der Waals surface area (Å²) in [5, 5.41) is 4.25. The molecule has 0 radical (unpaired) electrons. The molecule has 0 saturated heterocycles. The van der Waals surface area contributed by atoms with Crippen molar-refractivity contribution in [2.75, 3.05) is 11.9 Å². The van der Waals surface area contributed by atoms with Crippen molar-refractivity contribution in [3.63, 3.8) is 0 Å². The van der Waals surface area contributed by atoms with E-state index in [4.69, 9.17) is 27.9 Å². The van der Waals surface area contributed by atoms with Crippen LogP contribution in [0.4, 0.5) is 5.69 Å². The third kappa shape index (κ3) is 3.85. The number of halogens is 2. The maximum absolute atomic E-state index is 12.3. The molecule has 0 aliphatic heterocycles. The van der Waals surface area contributed by atoms with Gasteiger partial charge in [0.1, 0.15) is 4.88 Å². The molecule has 1 aromatic heterocycles. The number of nitrogens with one attached hydrogen (secondary N) is 1. The van der Waals surface area contributed by atoms with Gasteiger partial charge in [0.25, 0.3) is 5.91 Å². The van der Waals surface area contributed by atoms with Crippen molar-refractivity contribution < 1.29 is 14.3 Å². The van der Waals surface area contributed by atoms with Crippen LogP contribution < -0.4 is 5.32 Å². The number of carbonyl (C=O) groups is 2. The largest absolute Gasteiger partial charge is 0.451 e. The third-order valence-electron chi connectivity index (χ3n) is 3.75. The molecule has 0 unspecified atom stereocenters. The van der Waals surface area contributed by atoms with Crippen molar-refractivity contribution in [2.45, 2.75) is 13.8 Å². The minimum atomic E-state index is -0.627. The predicted octanol–water partition coefficient (Wildman–Crippen LogP) is 5.62. The lowest BCUT2D eigenvalue weighted by atomic mass is 10.1. The molecule has 0 saturated carbocycles. The summed E-state index contributed by atoms with van der Waals surface area (Å²) >= 11 is 13.6. The Balaban J connectivity index is 1.67. The molecule has 1 amide bonds. The van der Waals surface area contributed by atoms with Gasteiger partial charge in [0, 0.05) is 10.1 Å². The molecule has 0 aliphatic carbocycles. The summed E-state index contributed by atoms with van der Waals surface area (Å²) in [4.78, 5) is 24.7. The number of amides is 1. The predicted molar refractivity (Wildman–Crippen MR) is 107 cm³/mol. The van der Waals surface area contributed by atoms with E-state index in [-0.39, 0.29) is 4.88 Å². The van der Waals surface area contributed by atoms with Gasteiger partial charge in [-0.05, 0) is 37.1 Å². The molecular weight excluding hydrogens is 393 g/mol. The number of thiophene rings is 1. The van der Waals surface area contributed by atoms with Crippen molar-refractivity contribution in [3.05, 3.63) is 62.4 Å². The molecule has 0 spiro atoms. The number of anilines is 1. The van der Waals surface area contributed by atoms with Gasteiger partial charge in [0.2, 0.25) is 0 Å². The van der Waals surface area contributed by atoms with Crippen LogP contribution in [0.2, 0.25) is 10.0 Å². The van der Waals surface area contributed by atoms with Crippen LogP contribution in [0.3, 0.4) is 0 Å². The molecule has 134 valence electrons. The highest BCUT2D eigenvalue weighted by atomic mass is 35.5. The number of aryl methyl sites for hydroxylation is 2. The molecule has 3 aromatic rings. The van der Waals surface area contributed by atoms with E-state index in [1.165, 1.54) is 11.3 Å². The second kappa shape index (κ2) is 7.66. The molecule has 0 atom stereocenters. The van der Waals surface area contributed by atoms with Gasteiger partial charge in [0.05, 0.1) is 15.7 Å². The van der Waals surface area contributed by atoms with Crippen molar-refractivity contribution in [3.8, 4) is 0 Å². The Bertz CT molecular complexity index is 990. The van der Waals surface area contributed by atoms with Crippen LogP contribution in [0.1, 0.15) is 20.8 Å². The number of ether oxygens (including phenoxy) is 1. The van der Waals surface area contributed by atoms with Gasteiger partial charge in [-0.1, -0.05) is 47.5 Å². The number of carbonyl (C=O) groups excluding carboxylic acids is 2. The van der Waals surface area contributed by atoms with Gasteiger partial charge in [-0.3, -0.25) is 4.79 Å². The Labute approximate surface area is 164 Å². The first kappa shape index (κ1) is 18.7. The summed E-state index contributed by atoms with van der Waals surface area (Å²) in [7, 11) is 0. The Morgan fingerprint density at radius 2 is 1.88 bits per heavy atom. The minimum absolute atomic E-state index is 0.283. The summed E-state index contributed by atoms with van der Waals surface area (Å²) in [6.07, 6.45) is 0. The molecule has 1 N–H and O–H groups in total. The maximum atomic E-state index is 12.3. The Kier molecular flexibility index (Phi) is 5.51. The van der Waals surface area contributed by atoms with Gasteiger partial charge >= 0.3 is 5.97 Å². The van der Waals surface area contributed by atoms with Crippen molar-refractivity contribution in [1.82, 2.24) is 0 Å². The van der Waals surface area contributed by atoms with E-state index in [9.17, 15) is 9.59 Å². The summed E-state index contributed by atoms with van der Waals surface area (Å²) in [6, 6.07) is 11.1. The van der Waals surface area contributed by atoms with Crippen molar-refractivity contribution in [2.24, 2.45) is 0 Å². The Morgan fingerprint density at radius 3 is 2.58 bits per heavy atom. The number of benzene rings is 2. The molecule has 4 nitrogen and oxygen atoms in total. The highest BCUT2D eigenvalue weighted by Crippen LogP contribution is 2.35. The maximum Gasteiger partial charge on any atom is 0.350 e. The fraction of sp³-hybridized carbons (Fsp3) is 0.158. The quantitative estimate of drug-likeness (QED) is 0.570. The second-order valence-electron chi connectivity index (χ2n) is 5.80. The molecule has 7 heteroatoms. The van der Waals surface area contributed by atoms with Gasteiger partial charge in [0.15, 0.2) is 6.61 Å². The lowest BCUT2D eigenvalue weighted by Crippen LogP contribution is -2.21. The van der Waals surface area contributed by atoms with Crippen LogP contribution in [0.5, 0.6) is 0 Å². The first-order valence-corrected chi connectivity index (χ1v) is 9.35. The Hall–Kier alpha value is -2.08. The van der Waals surface area contributed by atoms with Crippen LogP contribution in [-0.4, -0.2) is 18.5 Å². The number of fused-ring (bicyclic) bond motifs is 1. The molecular formula is C19H15Cl2NO3S. The van der Waals surface area contributed by atoms with Gasteiger partial charge < -0.3 is 10.1 Å². The van der Waals surface area contributed by atoms with E-state index in [2.05, 4.69) is 5.32 Å². The van der Waals surface area contributed by atoms with Crippen LogP contribution in [-0.2, 0) is 9.53 Å². The first-order valence-electron chi connectivity index (χ1n) is 7.77. The van der Waals surface area contributed by atoms with Gasteiger partial charge in [-0.2, -0.15) is 0 Å². The molecule has 2 aromatic carbocycles. The van der Waals surface area contributed by atoms with E-state index in [1.807, 2.05) is 44.2 Å². The van der Waals surface area contributed by atoms with E-state index in [0.717, 1.165) is 21.2 Å². The first-order chi connectivity index (χ1) is 12.4. The number of esters is 1. The summed E-state index contributed by atoms with van der Waals surface area (Å²) < 4.78 is 5.99. The fourth-order valence-electron chi connectivity index (χ4n) is 2.59. The molecule has 3 rings (SSSR count). The molecule has 0 bridgehead atoms. The van der Waals surface area contributed by atoms with Gasteiger partial charge in [-0.25, -0.2) is 4.79 Å². The molecule has 1 heterocycles. The van der Waals surface area contributed by atoms with E-state index in [1.54, 1.807) is 6.07 Å². The fourth-order valence-corrected chi connectivity index (χ4v) is 4.36. The monoisotopic (exact) mass is 407 g/mol. The highest BCUT2D eigenvalue weighted by molar-refractivity contribution is 7.21. The van der Waals surface area contributed by atoms with E-state index in [0.29, 0.717) is 15.7 Å². The zero-order valence-electron chi connectivity index (χ0n) is 14.1. The van der Waals surface area contributed by atoms with E-state index >= 15 is 0 Å². The summed E-state index contributed by atoms with van der Waals surface area (Å²) in [5.41, 5.74) is 2.34.